The second kappa shape index (κ2) is 9.34. The minimum atomic E-state index is -0.579. The summed E-state index contributed by atoms with van der Waals surface area (Å²) in [5.41, 5.74) is 9.06. The summed E-state index contributed by atoms with van der Waals surface area (Å²) >= 11 is 1.79. The van der Waals surface area contributed by atoms with Gasteiger partial charge in [0.2, 0.25) is 0 Å². The number of fused-ring (bicyclic) bond motifs is 1. The second-order valence-electron chi connectivity index (χ2n) is 7.69. The molecule has 2 aliphatic heterocycles. The highest BCUT2D eigenvalue weighted by atomic mass is 32.2. The average molecular weight is 418 g/mol. The number of anilines is 1. The van der Waals surface area contributed by atoms with Crippen molar-refractivity contribution in [3.63, 3.8) is 0 Å². The van der Waals surface area contributed by atoms with Crippen LogP contribution in [0.25, 0.3) is 0 Å². The molecule has 156 valence electrons. The molecule has 0 saturated carbocycles. The van der Waals surface area contributed by atoms with Gasteiger partial charge in [0.15, 0.2) is 0 Å². The molecule has 4 rings (SSSR count). The summed E-state index contributed by atoms with van der Waals surface area (Å²) in [5.74, 6) is 1.24. The van der Waals surface area contributed by atoms with E-state index in [4.69, 9.17) is 10.5 Å². The standard InChI is InChI=1S/C22H28FN3O2S/c23-17-5-7-20(8-6-17)28-14-19(27)13-25-11-9-18(10-12-25)26-21-4-2-1-3-16(21)15-29-22(26)24/h1-8,18-19,22,27H,9-15,24H2. The number of hydrogen-bond donors (Lipinski definition) is 2. The Hall–Kier alpha value is -1.80. The van der Waals surface area contributed by atoms with Crippen LogP contribution in [0.3, 0.4) is 0 Å². The highest BCUT2D eigenvalue weighted by molar-refractivity contribution is 7.99. The first kappa shape index (κ1) is 20.5. The molecule has 2 atom stereocenters. The fourth-order valence-corrected chi connectivity index (χ4v) is 5.18. The Morgan fingerprint density at radius 1 is 1.14 bits per heavy atom. The predicted octanol–water partition coefficient (Wildman–Crippen LogP) is 3.03. The third kappa shape index (κ3) is 5.04. The molecular formula is C22H28FN3O2S. The zero-order valence-electron chi connectivity index (χ0n) is 16.4. The molecule has 7 heteroatoms. The number of thioether (sulfide) groups is 1. The minimum Gasteiger partial charge on any atom is -0.491 e. The summed E-state index contributed by atoms with van der Waals surface area (Å²) in [7, 11) is 0. The molecule has 0 aromatic heterocycles. The molecule has 0 radical (unpaired) electrons. The normalized spacial score (nSPS) is 21.6. The number of aliphatic hydroxyl groups is 1. The van der Waals surface area contributed by atoms with Gasteiger partial charge in [0.25, 0.3) is 0 Å². The lowest BCUT2D eigenvalue weighted by Gasteiger charge is -2.45. The molecular weight excluding hydrogens is 389 g/mol. The highest BCUT2D eigenvalue weighted by Crippen LogP contribution is 2.37. The van der Waals surface area contributed by atoms with Gasteiger partial charge >= 0.3 is 0 Å². The van der Waals surface area contributed by atoms with Crippen molar-refractivity contribution in [2.75, 3.05) is 31.1 Å². The van der Waals surface area contributed by atoms with E-state index in [1.807, 2.05) is 0 Å². The summed E-state index contributed by atoms with van der Waals surface area (Å²) in [4.78, 5) is 4.67. The van der Waals surface area contributed by atoms with Gasteiger partial charge in [-0.05, 0) is 48.7 Å². The molecule has 2 aromatic carbocycles. The molecule has 0 amide bonds. The number of nitrogens with zero attached hydrogens (tertiary/aromatic N) is 2. The van der Waals surface area contributed by atoms with Gasteiger partial charge in [0, 0.05) is 37.1 Å². The lowest BCUT2D eigenvalue weighted by atomic mass is 10.0. The molecule has 0 bridgehead atoms. The van der Waals surface area contributed by atoms with E-state index in [1.54, 1.807) is 23.9 Å². The van der Waals surface area contributed by atoms with Gasteiger partial charge in [-0.25, -0.2) is 4.39 Å². The maximum atomic E-state index is 12.9. The maximum Gasteiger partial charge on any atom is 0.126 e. The van der Waals surface area contributed by atoms with Gasteiger partial charge < -0.3 is 25.4 Å². The van der Waals surface area contributed by atoms with E-state index in [9.17, 15) is 9.50 Å². The van der Waals surface area contributed by atoms with Gasteiger partial charge in [-0.3, -0.25) is 0 Å². The number of ether oxygens (including phenoxy) is 1. The SMILES string of the molecule is NC1SCc2ccccc2N1C1CCN(CC(O)COc2ccc(F)cc2)CC1. The van der Waals surface area contributed by atoms with Crippen LogP contribution in [-0.4, -0.2) is 53.9 Å². The smallest absolute Gasteiger partial charge is 0.126 e. The Morgan fingerprint density at radius 2 is 1.86 bits per heavy atom. The van der Waals surface area contributed by atoms with Gasteiger partial charge in [0.05, 0.1) is 0 Å². The van der Waals surface area contributed by atoms with Crippen molar-refractivity contribution >= 4 is 17.4 Å². The number of likely N-dealkylation sites (tertiary alicyclic amines) is 1. The Bertz CT molecular complexity index is 799. The van der Waals surface area contributed by atoms with Gasteiger partial charge in [-0.15, -0.1) is 11.8 Å². The number of β-amino-alcohol motifs (C(OH)–C–C–N with tert-alkyl or cyclic N) is 1. The van der Waals surface area contributed by atoms with Crippen molar-refractivity contribution in [1.29, 1.82) is 0 Å². The zero-order valence-corrected chi connectivity index (χ0v) is 17.2. The van der Waals surface area contributed by atoms with Crippen LogP contribution in [-0.2, 0) is 5.75 Å². The lowest BCUT2D eigenvalue weighted by molar-refractivity contribution is 0.0592. The predicted molar refractivity (Wildman–Crippen MR) is 116 cm³/mol. The molecule has 2 heterocycles. The summed E-state index contributed by atoms with van der Waals surface area (Å²) in [6.45, 7) is 2.63. The third-order valence-electron chi connectivity index (χ3n) is 5.63. The van der Waals surface area contributed by atoms with Gasteiger partial charge in [-0.2, -0.15) is 0 Å². The van der Waals surface area contributed by atoms with Crippen LogP contribution in [0, 0.1) is 5.82 Å². The topological polar surface area (TPSA) is 62.0 Å². The molecule has 0 aliphatic carbocycles. The molecule has 0 spiro atoms. The summed E-state index contributed by atoms with van der Waals surface area (Å²) in [5, 5.41) is 10.3. The van der Waals surface area contributed by atoms with Crippen LogP contribution in [0.2, 0.25) is 0 Å². The molecule has 2 unspecified atom stereocenters. The Kier molecular flexibility index (Phi) is 6.60. The Balaban J connectivity index is 1.27. The monoisotopic (exact) mass is 417 g/mol. The first-order valence-corrected chi connectivity index (χ1v) is 11.2. The first-order chi connectivity index (χ1) is 14.1. The number of benzene rings is 2. The van der Waals surface area contributed by atoms with Crippen LogP contribution in [0.5, 0.6) is 5.75 Å². The van der Waals surface area contributed by atoms with Gasteiger partial charge in [-0.1, -0.05) is 18.2 Å². The van der Waals surface area contributed by atoms with E-state index in [0.717, 1.165) is 31.7 Å². The van der Waals surface area contributed by atoms with Crippen LogP contribution in [0.1, 0.15) is 18.4 Å². The molecule has 3 N–H and O–H groups in total. The fourth-order valence-electron chi connectivity index (χ4n) is 4.14. The van der Waals surface area contributed by atoms with E-state index in [-0.39, 0.29) is 17.9 Å². The Labute approximate surface area is 175 Å². The number of piperidine rings is 1. The molecule has 29 heavy (non-hydrogen) atoms. The van der Waals surface area contributed by atoms with Crippen LogP contribution < -0.4 is 15.4 Å². The first-order valence-electron chi connectivity index (χ1n) is 10.1. The van der Waals surface area contributed by atoms with Crippen molar-refractivity contribution < 1.29 is 14.2 Å². The summed E-state index contributed by atoms with van der Waals surface area (Å²) in [6.07, 6.45) is 1.47. The van der Waals surface area contributed by atoms with E-state index >= 15 is 0 Å². The van der Waals surface area contributed by atoms with Crippen LogP contribution in [0.15, 0.2) is 48.5 Å². The zero-order chi connectivity index (χ0) is 20.2. The largest absolute Gasteiger partial charge is 0.491 e. The average Bonchev–Trinajstić information content (AvgIpc) is 2.74. The van der Waals surface area contributed by atoms with Crippen molar-refractivity contribution in [1.82, 2.24) is 4.90 Å². The van der Waals surface area contributed by atoms with Crippen LogP contribution in [0.4, 0.5) is 10.1 Å². The number of aliphatic hydroxyl groups excluding tert-OH is 1. The molecule has 2 aliphatic rings. The van der Waals surface area contributed by atoms with Crippen molar-refractivity contribution in [3.8, 4) is 5.75 Å². The minimum absolute atomic E-state index is 0.00357. The lowest BCUT2D eigenvalue weighted by Crippen LogP contribution is -2.53. The maximum absolute atomic E-state index is 12.9. The molecule has 5 nitrogen and oxygen atoms in total. The third-order valence-corrected chi connectivity index (χ3v) is 6.68. The summed E-state index contributed by atoms with van der Waals surface area (Å²) < 4.78 is 18.5. The number of rotatable bonds is 6. The number of nitrogens with two attached hydrogens (primary N) is 1. The highest BCUT2D eigenvalue weighted by Gasteiger charge is 2.32. The fraction of sp³-hybridized carbons (Fsp3) is 0.455. The van der Waals surface area contributed by atoms with Crippen molar-refractivity contribution in [2.45, 2.75) is 36.2 Å². The van der Waals surface area contributed by atoms with Crippen molar-refractivity contribution in [2.24, 2.45) is 5.73 Å². The van der Waals surface area contributed by atoms with Gasteiger partial charge in [0.1, 0.15) is 29.8 Å². The van der Waals surface area contributed by atoms with E-state index in [0.29, 0.717) is 18.3 Å². The second-order valence-corrected chi connectivity index (χ2v) is 8.79. The Morgan fingerprint density at radius 3 is 2.62 bits per heavy atom. The molecule has 1 saturated heterocycles. The number of hydrogen-bond acceptors (Lipinski definition) is 6. The van der Waals surface area contributed by atoms with E-state index < -0.39 is 6.10 Å². The number of para-hydroxylation sites is 1. The van der Waals surface area contributed by atoms with E-state index in [2.05, 4.69) is 34.1 Å². The quantitative estimate of drug-likeness (QED) is 0.753. The van der Waals surface area contributed by atoms with Crippen molar-refractivity contribution in [3.05, 3.63) is 59.9 Å². The summed E-state index contributed by atoms with van der Waals surface area (Å²) in [6, 6.07) is 14.8. The molecule has 1 fully saturated rings. The number of halogens is 1. The molecule has 2 aromatic rings. The van der Waals surface area contributed by atoms with E-state index in [1.165, 1.54) is 23.4 Å². The van der Waals surface area contributed by atoms with Crippen LogP contribution >= 0.6 is 11.8 Å².